The number of ketones is 1. The predicted octanol–water partition coefficient (Wildman–Crippen LogP) is 1.97. The average molecular weight is 261 g/mol. The van der Waals surface area contributed by atoms with Crippen molar-refractivity contribution in [3.63, 3.8) is 0 Å². The Hall–Kier alpha value is -0.870. The molecule has 0 spiro atoms. The summed E-state index contributed by atoms with van der Waals surface area (Å²) in [5.74, 6) is -0.567. The average Bonchev–Trinajstić information content (AvgIpc) is 2.26. The molecule has 5 heteroatoms. The summed E-state index contributed by atoms with van der Waals surface area (Å²) in [5, 5.41) is 0. The fourth-order valence-electron chi connectivity index (χ4n) is 1.18. The number of carbonyl (C=O) groups excluding carboxylic acids is 1. The van der Waals surface area contributed by atoms with Crippen LogP contribution >= 0.6 is 11.6 Å². The van der Waals surface area contributed by atoms with Crippen molar-refractivity contribution in [3.8, 4) is 0 Å². The van der Waals surface area contributed by atoms with Crippen molar-refractivity contribution in [2.75, 3.05) is 11.6 Å². The standard InChI is InChI=1S/C11H13ClO3S/c1-9-2-4-11(5-3-9)16(14,15)7-6-10(13)8-12/h2-5H,6-8H2,1H3. The first-order valence-electron chi connectivity index (χ1n) is 4.83. The SMILES string of the molecule is Cc1ccc(S(=O)(=O)CCC(=O)CCl)cc1. The number of halogens is 1. The molecule has 0 aliphatic heterocycles. The zero-order valence-corrected chi connectivity index (χ0v) is 10.5. The number of rotatable bonds is 5. The fraction of sp³-hybridized carbons (Fsp3) is 0.364. The van der Waals surface area contributed by atoms with Gasteiger partial charge in [0.05, 0.1) is 16.5 Å². The summed E-state index contributed by atoms with van der Waals surface area (Å²) >= 11 is 5.30. The minimum Gasteiger partial charge on any atom is -0.298 e. The van der Waals surface area contributed by atoms with Crippen molar-refractivity contribution in [1.29, 1.82) is 0 Å². The maximum Gasteiger partial charge on any atom is 0.178 e. The number of hydrogen-bond donors (Lipinski definition) is 0. The number of hydrogen-bond acceptors (Lipinski definition) is 3. The van der Waals surface area contributed by atoms with E-state index in [1.54, 1.807) is 24.3 Å². The molecule has 3 nitrogen and oxygen atoms in total. The van der Waals surface area contributed by atoms with Crippen LogP contribution in [-0.4, -0.2) is 25.8 Å². The molecular weight excluding hydrogens is 248 g/mol. The molecule has 0 fully saturated rings. The first-order chi connectivity index (χ1) is 7.45. The van der Waals surface area contributed by atoms with Crippen LogP contribution in [-0.2, 0) is 14.6 Å². The van der Waals surface area contributed by atoms with Crippen LogP contribution in [0.4, 0.5) is 0 Å². The van der Waals surface area contributed by atoms with Gasteiger partial charge in [-0.15, -0.1) is 11.6 Å². The first kappa shape index (κ1) is 13.2. The maximum atomic E-state index is 11.8. The third-order valence-electron chi connectivity index (χ3n) is 2.18. The molecule has 0 atom stereocenters. The number of alkyl halides is 1. The van der Waals surface area contributed by atoms with Gasteiger partial charge in [-0.05, 0) is 19.1 Å². The highest BCUT2D eigenvalue weighted by Crippen LogP contribution is 2.13. The van der Waals surface area contributed by atoms with Crippen LogP contribution in [0.3, 0.4) is 0 Å². The van der Waals surface area contributed by atoms with Gasteiger partial charge in [-0.1, -0.05) is 17.7 Å². The van der Waals surface area contributed by atoms with Crippen molar-refractivity contribution >= 4 is 27.2 Å². The summed E-state index contributed by atoms with van der Waals surface area (Å²) < 4.78 is 23.5. The van der Waals surface area contributed by atoms with Gasteiger partial charge in [-0.3, -0.25) is 4.79 Å². The molecule has 0 saturated carbocycles. The van der Waals surface area contributed by atoms with Gasteiger partial charge >= 0.3 is 0 Å². The smallest absolute Gasteiger partial charge is 0.178 e. The normalized spacial score (nSPS) is 11.4. The Balaban J connectivity index is 2.78. The fourth-order valence-corrected chi connectivity index (χ4v) is 2.59. The number of carbonyl (C=O) groups is 1. The summed E-state index contributed by atoms with van der Waals surface area (Å²) in [6.07, 6.45) is -0.0281. The molecular formula is C11H13ClO3S. The second-order valence-corrected chi connectivity index (χ2v) is 5.93. The molecule has 0 heterocycles. The van der Waals surface area contributed by atoms with E-state index < -0.39 is 9.84 Å². The molecule has 0 bridgehead atoms. The van der Waals surface area contributed by atoms with E-state index in [4.69, 9.17) is 11.6 Å². The van der Waals surface area contributed by atoms with E-state index in [1.807, 2.05) is 6.92 Å². The molecule has 88 valence electrons. The van der Waals surface area contributed by atoms with Gasteiger partial charge in [0.2, 0.25) is 0 Å². The van der Waals surface area contributed by atoms with Crippen molar-refractivity contribution in [3.05, 3.63) is 29.8 Å². The zero-order chi connectivity index (χ0) is 12.2. The van der Waals surface area contributed by atoms with E-state index in [-0.39, 0.29) is 28.7 Å². The van der Waals surface area contributed by atoms with Crippen molar-refractivity contribution in [2.45, 2.75) is 18.2 Å². The highest BCUT2D eigenvalue weighted by Gasteiger charge is 2.15. The van der Waals surface area contributed by atoms with Crippen LogP contribution in [0.5, 0.6) is 0 Å². The Morgan fingerprint density at radius 2 is 1.81 bits per heavy atom. The van der Waals surface area contributed by atoms with Gasteiger partial charge < -0.3 is 0 Å². The van der Waals surface area contributed by atoms with Crippen molar-refractivity contribution in [2.24, 2.45) is 0 Å². The number of sulfone groups is 1. The van der Waals surface area contributed by atoms with Crippen molar-refractivity contribution in [1.82, 2.24) is 0 Å². The Morgan fingerprint density at radius 3 is 2.31 bits per heavy atom. The van der Waals surface area contributed by atoms with Crippen LogP contribution in [0, 0.1) is 6.92 Å². The lowest BCUT2D eigenvalue weighted by Crippen LogP contribution is -2.12. The monoisotopic (exact) mass is 260 g/mol. The lowest BCUT2D eigenvalue weighted by Gasteiger charge is -2.03. The molecule has 1 rings (SSSR count). The van der Waals surface area contributed by atoms with E-state index in [0.717, 1.165) is 5.56 Å². The maximum absolute atomic E-state index is 11.8. The number of aryl methyl sites for hydroxylation is 1. The predicted molar refractivity (Wildman–Crippen MR) is 63.6 cm³/mol. The lowest BCUT2D eigenvalue weighted by molar-refractivity contribution is -0.116. The van der Waals surface area contributed by atoms with Gasteiger partial charge in [0.15, 0.2) is 9.84 Å². The van der Waals surface area contributed by atoms with Crippen molar-refractivity contribution < 1.29 is 13.2 Å². The van der Waals surface area contributed by atoms with E-state index in [0.29, 0.717) is 0 Å². The Labute approximate surface area is 100 Å². The molecule has 0 N–H and O–H groups in total. The molecule has 1 aromatic rings. The summed E-state index contributed by atoms with van der Waals surface area (Å²) in [6.45, 7) is 1.88. The van der Waals surface area contributed by atoms with Gasteiger partial charge in [0.1, 0.15) is 5.78 Å². The highest BCUT2D eigenvalue weighted by atomic mass is 35.5. The number of benzene rings is 1. The molecule has 0 aliphatic carbocycles. The highest BCUT2D eigenvalue weighted by molar-refractivity contribution is 7.91. The molecule has 0 aromatic heterocycles. The van der Waals surface area contributed by atoms with Gasteiger partial charge in [0.25, 0.3) is 0 Å². The topological polar surface area (TPSA) is 51.2 Å². The second kappa shape index (κ2) is 5.46. The Morgan fingerprint density at radius 1 is 1.25 bits per heavy atom. The Kier molecular flexibility index (Phi) is 4.50. The van der Waals surface area contributed by atoms with Gasteiger partial charge in [-0.2, -0.15) is 0 Å². The molecule has 16 heavy (non-hydrogen) atoms. The van der Waals surface area contributed by atoms with E-state index in [9.17, 15) is 13.2 Å². The second-order valence-electron chi connectivity index (χ2n) is 3.55. The largest absolute Gasteiger partial charge is 0.298 e. The molecule has 0 aliphatic rings. The van der Waals surface area contributed by atoms with Crippen LogP contribution in [0.15, 0.2) is 29.2 Å². The molecule has 1 aromatic carbocycles. The minimum atomic E-state index is -3.36. The summed E-state index contributed by atoms with van der Waals surface area (Å²) in [7, 11) is -3.36. The Bertz CT molecular complexity index is 463. The van der Waals surface area contributed by atoms with Crippen LogP contribution < -0.4 is 0 Å². The van der Waals surface area contributed by atoms with Crippen LogP contribution in [0.2, 0.25) is 0 Å². The molecule has 0 amide bonds. The molecule has 0 saturated heterocycles. The van der Waals surface area contributed by atoms with Gasteiger partial charge in [-0.25, -0.2) is 8.42 Å². The van der Waals surface area contributed by atoms with Crippen LogP contribution in [0.25, 0.3) is 0 Å². The third-order valence-corrected chi connectivity index (χ3v) is 4.21. The van der Waals surface area contributed by atoms with E-state index in [2.05, 4.69) is 0 Å². The quantitative estimate of drug-likeness (QED) is 0.761. The third kappa shape index (κ3) is 3.61. The van der Waals surface area contributed by atoms with Gasteiger partial charge in [0, 0.05) is 6.42 Å². The van der Waals surface area contributed by atoms with Crippen LogP contribution in [0.1, 0.15) is 12.0 Å². The summed E-state index contributed by atoms with van der Waals surface area (Å²) in [4.78, 5) is 11.2. The first-order valence-corrected chi connectivity index (χ1v) is 7.01. The van der Waals surface area contributed by atoms with E-state index >= 15 is 0 Å². The minimum absolute atomic E-state index is 0.0281. The lowest BCUT2D eigenvalue weighted by atomic mass is 10.2. The number of Topliss-reactive ketones (excluding diaryl/α,β-unsaturated/α-hetero) is 1. The zero-order valence-electron chi connectivity index (χ0n) is 8.94. The molecule has 0 radical (unpaired) electrons. The van der Waals surface area contributed by atoms with E-state index in [1.165, 1.54) is 0 Å². The summed E-state index contributed by atoms with van der Waals surface area (Å²) in [5.41, 5.74) is 0.996. The molecule has 0 unspecified atom stereocenters. The summed E-state index contributed by atoms with van der Waals surface area (Å²) in [6, 6.07) is 6.57.